The van der Waals surface area contributed by atoms with Crippen LogP contribution in [0.2, 0.25) is 0 Å². The molecule has 0 aliphatic heterocycles. The molecule has 0 radical (unpaired) electrons. The molecule has 1 amide bonds. The molecule has 8 heteroatoms. The largest absolute Gasteiger partial charge is 0.497 e. The maximum atomic E-state index is 12.1. The number of methoxy groups -OCH3 is 1. The Morgan fingerprint density at radius 3 is 2.72 bits per heavy atom. The molecule has 3 aromatic carbocycles. The van der Waals surface area contributed by atoms with E-state index in [0.29, 0.717) is 5.82 Å². The van der Waals surface area contributed by atoms with Crippen LogP contribution in [-0.4, -0.2) is 39.4 Å². The second-order valence-electron chi connectivity index (χ2n) is 6.28. The standard InChI is InChI=1S/C21H18N6O2/c1-29-19-10-9-17-11-15(7-8-18(17)12-19)13-22-23-20(28)14-27-25-21(24-26-27)16-5-3-2-4-6-16/h2-13H,14H2,1H3,(H,23,28)/b22-13-. The molecule has 0 saturated carbocycles. The number of tetrazole rings is 1. The van der Waals surface area contributed by atoms with E-state index in [0.717, 1.165) is 27.6 Å². The smallest absolute Gasteiger partial charge is 0.263 e. The molecule has 144 valence electrons. The molecule has 0 bridgehead atoms. The fourth-order valence-corrected chi connectivity index (χ4v) is 2.81. The van der Waals surface area contributed by atoms with Crippen molar-refractivity contribution in [3.8, 4) is 17.1 Å². The van der Waals surface area contributed by atoms with Crippen LogP contribution in [0, 0.1) is 0 Å². The van der Waals surface area contributed by atoms with Crippen LogP contribution >= 0.6 is 0 Å². The summed E-state index contributed by atoms with van der Waals surface area (Å²) in [6.07, 6.45) is 1.59. The van der Waals surface area contributed by atoms with E-state index in [1.54, 1.807) is 13.3 Å². The summed E-state index contributed by atoms with van der Waals surface area (Å²) in [6.45, 7) is -0.0747. The van der Waals surface area contributed by atoms with Gasteiger partial charge in [0.05, 0.1) is 13.3 Å². The number of carbonyl (C=O) groups excluding carboxylic acids is 1. The summed E-state index contributed by atoms with van der Waals surface area (Å²) in [7, 11) is 1.64. The van der Waals surface area contributed by atoms with E-state index in [9.17, 15) is 4.79 Å². The van der Waals surface area contributed by atoms with Crippen molar-refractivity contribution in [2.24, 2.45) is 5.10 Å². The Morgan fingerprint density at radius 2 is 1.90 bits per heavy atom. The first-order valence-electron chi connectivity index (χ1n) is 8.94. The highest BCUT2D eigenvalue weighted by Crippen LogP contribution is 2.21. The second kappa shape index (κ2) is 8.30. The quantitative estimate of drug-likeness (QED) is 0.406. The molecule has 29 heavy (non-hydrogen) atoms. The average molecular weight is 386 g/mol. The molecule has 0 atom stereocenters. The van der Waals surface area contributed by atoms with Gasteiger partial charge in [0, 0.05) is 5.56 Å². The number of amides is 1. The van der Waals surface area contributed by atoms with Crippen molar-refractivity contribution in [1.82, 2.24) is 25.6 Å². The monoisotopic (exact) mass is 386 g/mol. The minimum atomic E-state index is -0.344. The molecule has 4 rings (SSSR count). The van der Waals surface area contributed by atoms with Crippen molar-refractivity contribution in [2.45, 2.75) is 6.54 Å². The first-order chi connectivity index (χ1) is 14.2. The zero-order valence-electron chi connectivity index (χ0n) is 15.7. The van der Waals surface area contributed by atoms with Gasteiger partial charge in [-0.15, -0.1) is 10.2 Å². The molecule has 1 heterocycles. The minimum Gasteiger partial charge on any atom is -0.497 e. The molecule has 1 aromatic heterocycles. The van der Waals surface area contributed by atoms with Gasteiger partial charge in [0.2, 0.25) is 5.82 Å². The predicted molar refractivity (Wildman–Crippen MR) is 109 cm³/mol. The number of fused-ring (bicyclic) bond motifs is 1. The number of nitrogens with one attached hydrogen (secondary N) is 1. The van der Waals surface area contributed by atoms with E-state index in [1.165, 1.54) is 4.80 Å². The molecule has 1 N–H and O–H groups in total. The van der Waals surface area contributed by atoms with Crippen LogP contribution in [0.25, 0.3) is 22.2 Å². The molecule has 0 unspecified atom stereocenters. The lowest BCUT2D eigenvalue weighted by Crippen LogP contribution is -2.24. The fraction of sp³-hybridized carbons (Fsp3) is 0.0952. The van der Waals surface area contributed by atoms with Gasteiger partial charge in [-0.25, -0.2) is 5.43 Å². The molecule has 0 spiro atoms. The Balaban J connectivity index is 1.36. The minimum absolute atomic E-state index is 0.0747. The van der Waals surface area contributed by atoms with Gasteiger partial charge in [0.1, 0.15) is 12.3 Å². The van der Waals surface area contributed by atoms with Crippen molar-refractivity contribution in [3.05, 3.63) is 72.3 Å². The predicted octanol–water partition coefficient (Wildman–Crippen LogP) is 2.65. The van der Waals surface area contributed by atoms with Gasteiger partial charge in [0.25, 0.3) is 5.91 Å². The first kappa shape index (κ1) is 18.3. The molecular formula is C21H18N6O2. The lowest BCUT2D eigenvalue weighted by atomic mass is 10.1. The van der Waals surface area contributed by atoms with Gasteiger partial charge in [-0.1, -0.05) is 48.5 Å². The highest BCUT2D eigenvalue weighted by atomic mass is 16.5. The average Bonchev–Trinajstić information content (AvgIpc) is 3.22. The Morgan fingerprint density at radius 1 is 1.10 bits per heavy atom. The van der Waals surface area contributed by atoms with Crippen molar-refractivity contribution in [1.29, 1.82) is 0 Å². The Labute approximate surface area is 166 Å². The normalized spacial score (nSPS) is 11.1. The van der Waals surface area contributed by atoms with E-state index in [4.69, 9.17) is 4.74 Å². The van der Waals surface area contributed by atoms with Gasteiger partial charge in [-0.3, -0.25) is 4.79 Å². The number of aromatic nitrogens is 4. The molecule has 0 saturated heterocycles. The van der Waals surface area contributed by atoms with Crippen LogP contribution in [0.4, 0.5) is 0 Å². The van der Waals surface area contributed by atoms with E-state index in [-0.39, 0.29) is 12.5 Å². The maximum absolute atomic E-state index is 12.1. The first-order valence-corrected chi connectivity index (χ1v) is 8.94. The lowest BCUT2D eigenvalue weighted by Gasteiger charge is -2.03. The fourth-order valence-electron chi connectivity index (χ4n) is 2.81. The van der Waals surface area contributed by atoms with Crippen LogP contribution in [0.1, 0.15) is 5.56 Å². The second-order valence-corrected chi connectivity index (χ2v) is 6.28. The zero-order valence-corrected chi connectivity index (χ0v) is 15.7. The number of carbonyl (C=O) groups is 1. The number of nitrogens with zero attached hydrogens (tertiary/aromatic N) is 5. The van der Waals surface area contributed by atoms with E-state index >= 15 is 0 Å². The summed E-state index contributed by atoms with van der Waals surface area (Å²) in [5.74, 6) is 0.932. The van der Waals surface area contributed by atoms with Crippen molar-refractivity contribution < 1.29 is 9.53 Å². The number of rotatable bonds is 6. The van der Waals surface area contributed by atoms with Crippen LogP contribution < -0.4 is 10.2 Å². The summed E-state index contributed by atoms with van der Waals surface area (Å²) in [5, 5.41) is 18.2. The number of hydrazone groups is 1. The van der Waals surface area contributed by atoms with Gasteiger partial charge < -0.3 is 4.74 Å². The van der Waals surface area contributed by atoms with Gasteiger partial charge in [0.15, 0.2) is 0 Å². The lowest BCUT2D eigenvalue weighted by molar-refractivity contribution is -0.122. The van der Waals surface area contributed by atoms with Crippen LogP contribution in [-0.2, 0) is 11.3 Å². The molecule has 4 aromatic rings. The molecule has 0 fully saturated rings. The SMILES string of the molecule is COc1ccc2cc(/C=N\NC(=O)Cn3nnc(-c4ccccc4)n3)ccc2c1. The zero-order chi connectivity index (χ0) is 20.1. The third-order valence-electron chi connectivity index (χ3n) is 4.24. The Kier molecular flexibility index (Phi) is 5.24. The molecule has 8 nitrogen and oxygen atoms in total. The van der Waals surface area contributed by atoms with E-state index in [1.807, 2.05) is 66.7 Å². The van der Waals surface area contributed by atoms with Crippen molar-refractivity contribution in [2.75, 3.05) is 7.11 Å². The third-order valence-corrected chi connectivity index (χ3v) is 4.24. The molecule has 0 aliphatic rings. The van der Waals surface area contributed by atoms with Crippen molar-refractivity contribution >= 4 is 22.9 Å². The number of hydrogen-bond donors (Lipinski definition) is 1. The number of ether oxygens (including phenoxy) is 1. The Bertz CT molecular complexity index is 1170. The molecular weight excluding hydrogens is 368 g/mol. The summed E-state index contributed by atoms with van der Waals surface area (Å²) in [4.78, 5) is 13.3. The van der Waals surface area contributed by atoms with E-state index in [2.05, 4.69) is 25.9 Å². The van der Waals surface area contributed by atoms with Gasteiger partial charge in [-0.2, -0.15) is 9.90 Å². The van der Waals surface area contributed by atoms with E-state index < -0.39 is 0 Å². The maximum Gasteiger partial charge on any atom is 0.263 e. The highest BCUT2D eigenvalue weighted by molar-refractivity contribution is 5.91. The van der Waals surface area contributed by atoms with Crippen molar-refractivity contribution in [3.63, 3.8) is 0 Å². The van der Waals surface area contributed by atoms with Crippen LogP contribution in [0.15, 0.2) is 71.8 Å². The van der Waals surface area contributed by atoms with Crippen LogP contribution in [0.5, 0.6) is 5.75 Å². The van der Waals surface area contributed by atoms with Crippen LogP contribution in [0.3, 0.4) is 0 Å². The van der Waals surface area contributed by atoms with Gasteiger partial charge in [-0.05, 0) is 39.7 Å². The highest BCUT2D eigenvalue weighted by Gasteiger charge is 2.08. The third kappa shape index (κ3) is 4.44. The summed E-state index contributed by atoms with van der Waals surface area (Å²) < 4.78 is 5.23. The summed E-state index contributed by atoms with van der Waals surface area (Å²) >= 11 is 0. The topological polar surface area (TPSA) is 94.3 Å². The van der Waals surface area contributed by atoms with Gasteiger partial charge >= 0.3 is 0 Å². The molecule has 0 aliphatic carbocycles. The summed E-state index contributed by atoms with van der Waals surface area (Å²) in [5.41, 5.74) is 4.18. The number of benzene rings is 3. The number of hydrogen-bond acceptors (Lipinski definition) is 6. The summed E-state index contributed by atoms with van der Waals surface area (Å²) in [6, 6.07) is 21.2. The Hall–Kier alpha value is -4.07.